The lowest BCUT2D eigenvalue weighted by Crippen LogP contribution is -1.97. The number of benzene rings is 1. The number of carboxylic acids is 1. The summed E-state index contributed by atoms with van der Waals surface area (Å²) in [4.78, 5) is 11.0. The van der Waals surface area contributed by atoms with Gasteiger partial charge in [-0.2, -0.15) is 0 Å². The first kappa shape index (κ1) is 13.0. The van der Waals surface area contributed by atoms with Crippen LogP contribution in [0.3, 0.4) is 0 Å². The van der Waals surface area contributed by atoms with E-state index in [9.17, 15) is 4.79 Å². The Morgan fingerprint density at radius 1 is 1.35 bits per heavy atom. The number of fused-ring (bicyclic) bond motifs is 1. The summed E-state index contributed by atoms with van der Waals surface area (Å²) in [6.45, 7) is 2.17. The number of aryl methyl sites for hydroxylation is 1. The van der Waals surface area contributed by atoms with Gasteiger partial charge in [0.25, 0.3) is 0 Å². The summed E-state index contributed by atoms with van der Waals surface area (Å²) in [5.41, 5.74) is 1.29. The summed E-state index contributed by atoms with van der Waals surface area (Å²) in [7, 11) is 0. The van der Waals surface area contributed by atoms with Crippen molar-refractivity contribution < 1.29 is 14.3 Å². The molecule has 20 heavy (non-hydrogen) atoms. The molecule has 0 saturated heterocycles. The second-order valence-electron chi connectivity index (χ2n) is 4.63. The highest BCUT2D eigenvalue weighted by atomic mass is 79.9. The monoisotopic (exact) mass is 333 g/mol. The number of hydrogen-bond acceptors (Lipinski definition) is 2. The molecule has 0 bridgehead atoms. The fourth-order valence-electron chi connectivity index (χ4n) is 2.30. The maximum absolute atomic E-state index is 11.0. The van der Waals surface area contributed by atoms with Crippen LogP contribution < -0.4 is 0 Å². The van der Waals surface area contributed by atoms with Crippen molar-refractivity contribution in [2.75, 3.05) is 0 Å². The summed E-state index contributed by atoms with van der Waals surface area (Å²) in [5.74, 6) is 0.111. The number of carboxylic acid groups (broad SMARTS) is 1. The zero-order valence-electron chi connectivity index (χ0n) is 10.8. The van der Waals surface area contributed by atoms with Crippen molar-refractivity contribution in [1.82, 2.24) is 4.57 Å². The molecule has 0 radical (unpaired) electrons. The number of aromatic carboxylic acids is 1. The average molecular weight is 334 g/mol. The van der Waals surface area contributed by atoms with Crippen molar-refractivity contribution in [3.63, 3.8) is 0 Å². The Labute approximate surface area is 123 Å². The summed E-state index contributed by atoms with van der Waals surface area (Å²) < 4.78 is 8.55. The van der Waals surface area contributed by atoms with Gasteiger partial charge in [0, 0.05) is 16.2 Å². The maximum atomic E-state index is 11.0. The lowest BCUT2D eigenvalue weighted by molar-refractivity contribution is 0.0695. The Hall–Kier alpha value is -2.01. The zero-order chi connectivity index (χ0) is 14.3. The molecule has 0 aliphatic heterocycles. The topological polar surface area (TPSA) is 55.4 Å². The van der Waals surface area contributed by atoms with Gasteiger partial charge in [0.1, 0.15) is 17.1 Å². The minimum atomic E-state index is -0.961. The third-order valence-corrected chi connectivity index (χ3v) is 3.75. The molecular formula is C15H12BrNO3. The molecule has 0 unspecified atom stereocenters. The molecular weight excluding hydrogens is 322 g/mol. The van der Waals surface area contributed by atoms with Crippen LogP contribution in [0.1, 0.15) is 21.9 Å². The largest absolute Gasteiger partial charge is 0.478 e. The van der Waals surface area contributed by atoms with Gasteiger partial charge in [0.05, 0.1) is 6.54 Å². The Balaban J connectivity index is 1.99. The van der Waals surface area contributed by atoms with E-state index in [4.69, 9.17) is 9.52 Å². The van der Waals surface area contributed by atoms with E-state index < -0.39 is 5.97 Å². The maximum Gasteiger partial charge on any atom is 0.339 e. The number of nitrogens with zero attached hydrogens (tertiary/aromatic N) is 1. The van der Waals surface area contributed by atoms with Crippen molar-refractivity contribution in [2.45, 2.75) is 13.5 Å². The first-order chi connectivity index (χ1) is 9.54. The van der Waals surface area contributed by atoms with E-state index in [1.807, 2.05) is 35.0 Å². The van der Waals surface area contributed by atoms with E-state index in [1.54, 1.807) is 13.0 Å². The smallest absolute Gasteiger partial charge is 0.339 e. The van der Waals surface area contributed by atoms with Crippen LogP contribution in [0.5, 0.6) is 0 Å². The molecule has 0 spiro atoms. The number of aromatic nitrogens is 1. The summed E-state index contributed by atoms with van der Waals surface area (Å²) in [6, 6.07) is 9.67. The van der Waals surface area contributed by atoms with E-state index in [2.05, 4.69) is 15.9 Å². The molecule has 3 aromatic rings. The van der Waals surface area contributed by atoms with E-state index in [0.717, 1.165) is 15.4 Å². The molecule has 2 heterocycles. The molecule has 0 fully saturated rings. The molecule has 3 rings (SSSR count). The average Bonchev–Trinajstić information content (AvgIpc) is 2.94. The van der Waals surface area contributed by atoms with Gasteiger partial charge in [0.15, 0.2) is 0 Å². The fraction of sp³-hybridized carbons (Fsp3) is 0.133. The normalized spacial score (nSPS) is 11.1. The van der Waals surface area contributed by atoms with Gasteiger partial charge in [0.2, 0.25) is 0 Å². The van der Waals surface area contributed by atoms with Gasteiger partial charge in [-0.25, -0.2) is 4.79 Å². The van der Waals surface area contributed by atoms with Crippen LogP contribution in [0.2, 0.25) is 0 Å². The van der Waals surface area contributed by atoms with Crippen LogP contribution in [0.25, 0.3) is 10.9 Å². The standard InChI is InChI=1S/C15H12BrNO3/c1-9-13(15(18)19)7-12(20-9)8-17-5-4-10-2-3-11(16)6-14(10)17/h2-7H,8H2,1H3,(H,18,19). The number of carbonyl (C=O) groups is 1. The van der Waals surface area contributed by atoms with Crippen molar-refractivity contribution in [2.24, 2.45) is 0 Å². The number of rotatable bonds is 3. The van der Waals surface area contributed by atoms with Gasteiger partial charge in [-0.3, -0.25) is 0 Å². The van der Waals surface area contributed by atoms with Crippen molar-refractivity contribution >= 4 is 32.8 Å². The van der Waals surface area contributed by atoms with Crippen molar-refractivity contribution in [3.8, 4) is 0 Å². The molecule has 0 amide bonds. The highest BCUT2D eigenvalue weighted by Gasteiger charge is 2.14. The van der Waals surface area contributed by atoms with E-state index >= 15 is 0 Å². The van der Waals surface area contributed by atoms with Gasteiger partial charge < -0.3 is 14.1 Å². The number of halogens is 1. The van der Waals surface area contributed by atoms with Gasteiger partial charge in [-0.1, -0.05) is 22.0 Å². The lowest BCUT2D eigenvalue weighted by atomic mass is 10.2. The molecule has 2 aromatic heterocycles. The van der Waals surface area contributed by atoms with Crippen LogP contribution in [-0.2, 0) is 6.54 Å². The summed E-state index contributed by atoms with van der Waals surface area (Å²) in [6.07, 6.45) is 1.97. The number of furan rings is 1. The Morgan fingerprint density at radius 2 is 2.15 bits per heavy atom. The van der Waals surface area contributed by atoms with Crippen molar-refractivity contribution in [3.05, 3.63) is 58.1 Å². The molecule has 0 atom stereocenters. The first-order valence-corrected chi connectivity index (χ1v) is 6.91. The predicted molar refractivity (Wildman–Crippen MR) is 79.1 cm³/mol. The van der Waals surface area contributed by atoms with E-state index in [-0.39, 0.29) is 5.56 Å². The second-order valence-corrected chi connectivity index (χ2v) is 5.55. The van der Waals surface area contributed by atoms with Crippen molar-refractivity contribution in [1.29, 1.82) is 0 Å². The minimum absolute atomic E-state index is 0.220. The Kier molecular flexibility index (Phi) is 3.14. The molecule has 102 valence electrons. The highest BCUT2D eigenvalue weighted by Crippen LogP contribution is 2.23. The van der Waals surface area contributed by atoms with Gasteiger partial charge in [-0.15, -0.1) is 0 Å². The lowest BCUT2D eigenvalue weighted by Gasteiger charge is -2.03. The van der Waals surface area contributed by atoms with Gasteiger partial charge in [-0.05, 0) is 36.6 Å². The van der Waals surface area contributed by atoms with Crippen LogP contribution in [0.15, 0.2) is 45.4 Å². The molecule has 5 heteroatoms. The molecule has 0 aliphatic carbocycles. The molecule has 1 aromatic carbocycles. The number of hydrogen-bond donors (Lipinski definition) is 1. The van der Waals surface area contributed by atoms with E-state index in [1.165, 1.54) is 0 Å². The van der Waals surface area contributed by atoms with Crippen LogP contribution in [0, 0.1) is 6.92 Å². The third kappa shape index (κ3) is 2.25. The summed E-state index contributed by atoms with van der Waals surface area (Å²) in [5, 5.41) is 10.2. The zero-order valence-corrected chi connectivity index (χ0v) is 12.3. The SMILES string of the molecule is Cc1oc(Cn2ccc3ccc(Br)cc32)cc1C(=O)O. The van der Waals surface area contributed by atoms with Crippen LogP contribution in [-0.4, -0.2) is 15.6 Å². The first-order valence-electron chi connectivity index (χ1n) is 6.11. The highest BCUT2D eigenvalue weighted by molar-refractivity contribution is 9.10. The third-order valence-electron chi connectivity index (χ3n) is 3.26. The molecule has 1 N–H and O–H groups in total. The predicted octanol–water partition coefficient (Wildman–Crippen LogP) is 4.05. The van der Waals surface area contributed by atoms with Crippen LogP contribution >= 0.6 is 15.9 Å². The van der Waals surface area contributed by atoms with Crippen LogP contribution in [0.4, 0.5) is 0 Å². The molecule has 0 aliphatic rings. The fourth-order valence-corrected chi connectivity index (χ4v) is 2.65. The Bertz CT molecular complexity index is 801. The summed E-state index contributed by atoms with van der Waals surface area (Å²) >= 11 is 3.46. The minimum Gasteiger partial charge on any atom is -0.478 e. The quantitative estimate of drug-likeness (QED) is 0.786. The van der Waals surface area contributed by atoms with E-state index in [0.29, 0.717) is 18.1 Å². The van der Waals surface area contributed by atoms with Gasteiger partial charge >= 0.3 is 5.97 Å². The second kappa shape index (κ2) is 4.83. The molecule has 0 saturated carbocycles. The molecule has 4 nitrogen and oxygen atoms in total. The Morgan fingerprint density at radius 3 is 2.85 bits per heavy atom.